The van der Waals surface area contributed by atoms with Crippen molar-refractivity contribution in [3.05, 3.63) is 23.9 Å². The summed E-state index contributed by atoms with van der Waals surface area (Å²) in [4.78, 5) is 3.77. The molecule has 1 N–H and O–H groups in total. The van der Waals surface area contributed by atoms with Crippen molar-refractivity contribution in [3.8, 4) is 6.07 Å². The van der Waals surface area contributed by atoms with E-state index in [1.54, 1.807) is 6.07 Å². The first kappa shape index (κ1) is 11.3. The molecule has 6 heteroatoms. The Kier molecular flexibility index (Phi) is 3.50. The van der Waals surface area contributed by atoms with Crippen molar-refractivity contribution >= 4 is 5.82 Å². The van der Waals surface area contributed by atoms with Crippen molar-refractivity contribution in [1.82, 2.24) is 4.98 Å². The van der Waals surface area contributed by atoms with Crippen LogP contribution in [0.5, 0.6) is 0 Å². The molecule has 3 nitrogen and oxygen atoms in total. The molecule has 0 saturated heterocycles. The Morgan fingerprint density at radius 1 is 1.47 bits per heavy atom. The van der Waals surface area contributed by atoms with Gasteiger partial charge >= 0.3 is 6.18 Å². The topological polar surface area (TPSA) is 48.7 Å². The second kappa shape index (κ2) is 4.64. The van der Waals surface area contributed by atoms with Crippen LogP contribution in [0.4, 0.5) is 19.0 Å². The van der Waals surface area contributed by atoms with Gasteiger partial charge in [-0.1, -0.05) is 0 Å². The van der Waals surface area contributed by atoms with Gasteiger partial charge in [-0.05, 0) is 12.1 Å². The van der Waals surface area contributed by atoms with E-state index in [0.29, 0.717) is 0 Å². The van der Waals surface area contributed by atoms with Gasteiger partial charge in [0.2, 0.25) is 0 Å². The molecule has 0 aliphatic heterocycles. The smallest absolute Gasteiger partial charge is 0.369 e. The molecule has 80 valence electrons. The normalized spacial score (nSPS) is 10.8. The van der Waals surface area contributed by atoms with Crippen LogP contribution >= 0.6 is 0 Å². The minimum atomic E-state index is -4.20. The monoisotopic (exact) mass is 215 g/mol. The van der Waals surface area contributed by atoms with Crippen molar-refractivity contribution in [3.63, 3.8) is 0 Å². The summed E-state index contributed by atoms with van der Waals surface area (Å²) in [5.41, 5.74) is 0.236. The zero-order chi connectivity index (χ0) is 11.3. The maximum Gasteiger partial charge on any atom is 0.390 e. The van der Waals surface area contributed by atoms with Crippen LogP contribution in [-0.4, -0.2) is 17.7 Å². The number of pyridine rings is 1. The van der Waals surface area contributed by atoms with Gasteiger partial charge in [-0.2, -0.15) is 18.4 Å². The van der Waals surface area contributed by atoms with Gasteiger partial charge < -0.3 is 5.32 Å². The maximum absolute atomic E-state index is 11.8. The first-order chi connectivity index (χ1) is 7.03. The lowest BCUT2D eigenvalue weighted by Crippen LogP contribution is -2.15. The SMILES string of the molecule is N#Cc1cccnc1NCCC(F)(F)F. The van der Waals surface area contributed by atoms with Gasteiger partial charge in [0.05, 0.1) is 12.0 Å². The van der Waals surface area contributed by atoms with E-state index < -0.39 is 12.6 Å². The Balaban J connectivity index is 2.55. The number of hydrogen-bond acceptors (Lipinski definition) is 3. The number of aromatic nitrogens is 1. The van der Waals surface area contributed by atoms with Gasteiger partial charge in [0.25, 0.3) is 0 Å². The molecule has 0 atom stereocenters. The zero-order valence-electron chi connectivity index (χ0n) is 7.67. The van der Waals surface area contributed by atoms with Crippen LogP contribution in [0.2, 0.25) is 0 Å². The van der Waals surface area contributed by atoms with Gasteiger partial charge in [-0.15, -0.1) is 0 Å². The van der Waals surface area contributed by atoms with E-state index in [2.05, 4.69) is 10.3 Å². The predicted octanol–water partition coefficient (Wildman–Crippen LogP) is 2.32. The van der Waals surface area contributed by atoms with Crippen LogP contribution in [0.1, 0.15) is 12.0 Å². The number of alkyl halides is 3. The lowest BCUT2D eigenvalue weighted by molar-refractivity contribution is -0.131. The average molecular weight is 215 g/mol. The highest BCUT2D eigenvalue weighted by Crippen LogP contribution is 2.19. The molecule has 0 fully saturated rings. The van der Waals surface area contributed by atoms with Crippen LogP contribution in [0.3, 0.4) is 0 Å². The van der Waals surface area contributed by atoms with Crippen LogP contribution < -0.4 is 5.32 Å². The van der Waals surface area contributed by atoms with Gasteiger partial charge in [0.15, 0.2) is 0 Å². The summed E-state index contributed by atoms with van der Waals surface area (Å²) >= 11 is 0. The quantitative estimate of drug-likeness (QED) is 0.841. The van der Waals surface area contributed by atoms with E-state index in [1.807, 2.05) is 6.07 Å². The standard InChI is InChI=1S/C9H8F3N3/c10-9(11,12)3-5-15-8-7(6-13)2-1-4-14-8/h1-2,4H,3,5H2,(H,14,15). The van der Waals surface area contributed by atoms with Crippen LogP contribution in [0, 0.1) is 11.3 Å². The maximum atomic E-state index is 11.8. The molecular weight excluding hydrogens is 207 g/mol. The summed E-state index contributed by atoms with van der Waals surface area (Å²) in [7, 11) is 0. The molecule has 1 aromatic heterocycles. The van der Waals surface area contributed by atoms with E-state index in [0.717, 1.165) is 0 Å². The Morgan fingerprint density at radius 3 is 2.80 bits per heavy atom. The summed E-state index contributed by atoms with van der Waals surface area (Å²) < 4.78 is 35.4. The summed E-state index contributed by atoms with van der Waals surface area (Å²) in [5.74, 6) is 0.184. The number of hydrogen-bond donors (Lipinski definition) is 1. The first-order valence-corrected chi connectivity index (χ1v) is 4.18. The zero-order valence-corrected chi connectivity index (χ0v) is 7.67. The average Bonchev–Trinajstić information content (AvgIpc) is 2.16. The molecule has 15 heavy (non-hydrogen) atoms. The molecule has 1 rings (SSSR count). The Bertz CT molecular complexity index is 368. The summed E-state index contributed by atoms with van der Waals surface area (Å²) in [6.45, 7) is -0.283. The van der Waals surface area contributed by atoms with E-state index in [9.17, 15) is 13.2 Å². The van der Waals surface area contributed by atoms with Crippen molar-refractivity contribution in [1.29, 1.82) is 5.26 Å². The summed E-state index contributed by atoms with van der Waals surface area (Å²) in [6.07, 6.45) is -3.74. The molecule has 0 bridgehead atoms. The highest BCUT2D eigenvalue weighted by atomic mass is 19.4. The number of anilines is 1. The minimum Gasteiger partial charge on any atom is -0.369 e. The second-order valence-electron chi connectivity index (χ2n) is 2.80. The van der Waals surface area contributed by atoms with Crippen molar-refractivity contribution in [2.24, 2.45) is 0 Å². The van der Waals surface area contributed by atoms with Crippen molar-refractivity contribution in [2.75, 3.05) is 11.9 Å². The number of nitrogens with one attached hydrogen (secondary N) is 1. The lowest BCUT2D eigenvalue weighted by Gasteiger charge is -2.08. The minimum absolute atomic E-state index is 0.184. The van der Waals surface area contributed by atoms with Crippen LogP contribution in [0.15, 0.2) is 18.3 Å². The van der Waals surface area contributed by atoms with E-state index in [1.165, 1.54) is 12.3 Å². The molecule has 0 unspecified atom stereocenters. The van der Waals surface area contributed by atoms with Gasteiger partial charge in [0.1, 0.15) is 11.9 Å². The molecule has 0 saturated carbocycles. The van der Waals surface area contributed by atoms with Crippen molar-refractivity contribution < 1.29 is 13.2 Å². The highest BCUT2D eigenvalue weighted by Gasteiger charge is 2.26. The third-order valence-corrected chi connectivity index (χ3v) is 1.63. The highest BCUT2D eigenvalue weighted by molar-refractivity contribution is 5.50. The molecule has 0 spiro atoms. The van der Waals surface area contributed by atoms with E-state index in [4.69, 9.17) is 5.26 Å². The lowest BCUT2D eigenvalue weighted by atomic mass is 10.3. The fourth-order valence-corrected chi connectivity index (χ4v) is 0.959. The molecule has 0 radical (unpaired) electrons. The number of nitriles is 1. The molecular formula is C9H8F3N3. The Labute approximate surface area is 84.5 Å². The Morgan fingerprint density at radius 2 is 2.20 bits per heavy atom. The fourth-order valence-electron chi connectivity index (χ4n) is 0.959. The molecule has 0 aromatic carbocycles. The molecule has 0 aliphatic carbocycles. The van der Waals surface area contributed by atoms with Gasteiger partial charge in [0, 0.05) is 12.7 Å². The summed E-state index contributed by atoms with van der Waals surface area (Å²) in [5, 5.41) is 11.1. The fraction of sp³-hybridized carbons (Fsp3) is 0.333. The third-order valence-electron chi connectivity index (χ3n) is 1.63. The Hall–Kier alpha value is -1.77. The van der Waals surface area contributed by atoms with Gasteiger partial charge in [-0.3, -0.25) is 0 Å². The molecule has 0 aliphatic rings. The van der Waals surface area contributed by atoms with Crippen LogP contribution in [0.25, 0.3) is 0 Å². The van der Waals surface area contributed by atoms with Gasteiger partial charge in [-0.25, -0.2) is 4.98 Å². The molecule has 0 amide bonds. The van der Waals surface area contributed by atoms with Crippen molar-refractivity contribution in [2.45, 2.75) is 12.6 Å². The molecule has 1 aromatic rings. The third kappa shape index (κ3) is 3.85. The summed E-state index contributed by atoms with van der Waals surface area (Å²) in [6, 6.07) is 4.88. The predicted molar refractivity (Wildman–Crippen MR) is 48.1 cm³/mol. The number of rotatable bonds is 3. The first-order valence-electron chi connectivity index (χ1n) is 4.18. The van der Waals surface area contributed by atoms with E-state index >= 15 is 0 Å². The van der Waals surface area contributed by atoms with E-state index in [-0.39, 0.29) is 17.9 Å². The largest absolute Gasteiger partial charge is 0.390 e. The number of nitrogens with zero attached hydrogens (tertiary/aromatic N) is 2. The second-order valence-corrected chi connectivity index (χ2v) is 2.80. The molecule has 1 heterocycles. The van der Waals surface area contributed by atoms with Crippen LogP contribution in [-0.2, 0) is 0 Å². The number of halogens is 3.